The molecule has 0 spiro atoms. The highest BCUT2D eigenvalue weighted by molar-refractivity contribution is 5.34. The molecule has 0 amide bonds. The molecule has 1 aromatic carbocycles. The van der Waals surface area contributed by atoms with Crippen LogP contribution in [0.1, 0.15) is 31.0 Å². The van der Waals surface area contributed by atoms with Gasteiger partial charge in [-0.1, -0.05) is 31.2 Å². The van der Waals surface area contributed by atoms with Crippen LogP contribution in [0.4, 0.5) is 0 Å². The van der Waals surface area contributed by atoms with Crippen LogP contribution < -0.4 is 5.73 Å². The van der Waals surface area contributed by atoms with Gasteiger partial charge in [0.05, 0.1) is 17.6 Å². The van der Waals surface area contributed by atoms with Crippen LogP contribution in [-0.4, -0.2) is 15.0 Å². The second-order valence-corrected chi connectivity index (χ2v) is 4.10. The molecule has 1 aromatic heterocycles. The Morgan fingerprint density at radius 3 is 2.44 bits per heavy atom. The smallest absolute Gasteiger partial charge is 0.0967 e. The molecule has 4 nitrogen and oxygen atoms in total. The molecule has 2 aromatic rings. The van der Waals surface area contributed by atoms with Crippen LogP contribution in [0.25, 0.3) is 5.69 Å². The largest absolute Gasteiger partial charge is 0.325 e. The van der Waals surface area contributed by atoms with Gasteiger partial charge in [-0.2, -0.15) is 0 Å². The van der Waals surface area contributed by atoms with Crippen molar-refractivity contribution in [2.75, 3.05) is 0 Å². The fourth-order valence-electron chi connectivity index (χ4n) is 1.53. The Labute approximate surface area is 95.1 Å². The topological polar surface area (TPSA) is 56.7 Å². The van der Waals surface area contributed by atoms with E-state index in [0.29, 0.717) is 12.5 Å². The summed E-state index contributed by atoms with van der Waals surface area (Å²) < 4.78 is 1.74. The minimum atomic E-state index is 0.421. The fourth-order valence-corrected chi connectivity index (χ4v) is 1.53. The average Bonchev–Trinajstić information content (AvgIpc) is 2.77. The van der Waals surface area contributed by atoms with Crippen LogP contribution in [-0.2, 0) is 6.54 Å². The van der Waals surface area contributed by atoms with Crippen molar-refractivity contribution in [3.05, 3.63) is 41.7 Å². The monoisotopic (exact) mass is 216 g/mol. The van der Waals surface area contributed by atoms with Crippen molar-refractivity contribution >= 4 is 0 Å². The molecular formula is C12H16N4. The van der Waals surface area contributed by atoms with Gasteiger partial charge in [0.15, 0.2) is 0 Å². The molecule has 0 aliphatic heterocycles. The molecule has 16 heavy (non-hydrogen) atoms. The minimum absolute atomic E-state index is 0.421. The number of hydrogen-bond acceptors (Lipinski definition) is 3. The molecule has 0 fully saturated rings. The van der Waals surface area contributed by atoms with Crippen LogP contribution in [0.2, 0.25) is 0 Å². The minimum Gasteiger partial charge on any atom is -0.325 e. The lowest BCUT2D eigenvalue weighted by Crippen LogP contribution is -1.96. The first-order valence-electron chi connectivity index (χ1n) is 5.42. The summed E-state index contributed by atoms with van der Waals surface area (Å²) in [5, 5.41) is 7.98. The van der Waals surface area contributed by atoms with Gasteiger partial charge >= 0.3 is 0 Å². The van der Waals surface area contributed by atoms with E-state index in [1.165, 1.54) is 5.56 Å². The third kappa shape index (κ3) is 2.12. The van der Waals surface area contributed by atoms with Gasteiger partial charge in [-0.3, -0.25) is 0 Å². The van der Waals surface area contributed by atoms with Crippen molar-refractivity contribution in [2.24, 2.45) is 5.73 Å². The predicted molar refractivity (Wildman–Crippen MR) is 63.3 cm³/mol. The molecule has 0 saturated carbocycles. The fraction of sp³-hybridized carbons (Fsp3) is 0.333. The summed E-state index contributed by atoms with van der Waals surface area (Å²) in [6.45, 7) is 4.78. The normalized spacial score (nSPS) is 11.0. The highest BCUT2D eigenvalue weighted by atomic mass is 15.4. The Kier molecular flexibility index (Phi) is 3.01. The lowest BCUT2D eigenvalue weighted by molar-refractivity contribution is 0.794. The summed E-state index contributed by atoms with van der Waals surface area (Å²) in [4.78, 5) is 0. The van der Waals surface area contributed by atoms with E-state index in [1.54, 1.807) is 4.68 Å². The maximum Gasteiger partial charge on any atom is 0.0967 e. The van der Waals surface area contributed by atoms with E-state index in [4.69, 9.17) is 5.73 Å². The first kappa shape index (κ1) is 10.8. The highest BCUT2D eigenvalue weighted by Gasteiger charge is 2.02. The molecule has 1 heterocycles. The predicted octanol–water partition coefficient (Wildman–Crippen LogP) is 1.85. The Morgan fingerprint density at radius 2 is 1.94 bits per heavy atom. The van der Waals surface area contributed by atoms with Crippen molar-refractivity contribution in [1.82, 2.24) is 15.0 Å². The van der Waals surface area contributed by atoms with Gasteiger partial charge in [0, 0.05) is 6.54 Å². The van der Waals surface area contributed by atoms with Crippen LogP contribution in [0, 0.1) is 0 Å². The molecule has 2 rings (SSSR count). The van der Waals surface area contributed by atoms with Crippen molar-refractivity contribution in [3.63, 3.8) is 0 Å². The third-order valence-electron chi connectivity index (χ3n) is 2.57. The molecule has 84 valence electrons. The molecule has 2 N–H and O–H groups in total. The van der Waals surface area contributed by atoms with Crippen LogP contribution in [0.15, 0.2) is 30.5 Å². The molecule has 0 aliphatic carbocycles. The van der Waals surface area contributed by atoms with E-state index in [0.717, 1.165) is 11.4 Å². The second kappa shape index (κ2) is 4.45. The number of nitrogens with two attached hydrogens (primary N) is 1. The van der Waals surface area contributed by atoms with E-state index in [1.807, 2.05) is 18.3 Å². The summed E-state index contributed by atoms with van der Waals surface area (Å²) in [6.07, 6.45) is 1.85. The van der Waals surface area contributed by atoms with Gasteiger partial charge in [-0.15, -0.1) is 5.10 Å². The molecular weight excluding hydrogens is 200 g/mol. The van der Waals surface area contributed by atoms with E-state index in [9.17, 15) is 0 Å². The Hall–Kier alpha value is -1.68. The molecule has 0 atom stereocenters. The van der Waals surface area contributed by atoms with Crippen LogP contribution in [0.3, 0.4) is 0 Å². The quantitative estimate of drug-likeness (QED) is 0.851. The van der Waals surface area contributed by atoms with Gasteiger partial charge in [0.1, 0.15) is 0 Å². The Balaban J connectivity index is 2.27. The summed E-state index contributed by atoms with van der Waals surface area (Å²) in [5.41, 5.74) is 8.62. The number of nitrogens with zero attached hydrogens (tertiary/aromatic N) is 3. The van der Waals surface area contributed by atoms with Gasteiger partial charge in [-0.25, -0.2) is 4.68 Å². The third-order valence-corrected chi connectivity index (χ3v) is 2.57. The first-order chi connectivity index (χ1) is 7.70. The summed E-state index contributed by atoms with van der Waals surface area (Å²) >= 11 is 0. The maximum absolute atomic E-state index is 5.49. The Bertz CT molecular complexity index is 456. The zero-order valence-electron chi connectivity index (χ0n) is 9.59. The Morgan fingerprint density at radius 1 is 1.25 bits per heavy atom. The first-order valence-corrected chi connectivity index (χ1v) is 5.42. The van der Waals surface area contributed by atoms with Crippen molar-refractivity contribution in [3.8, 4) is 5.69 Å². The van der Waals surface area contributed by atoms with Crippen molar-refractivity contribution < 1.29 is 0 Å². The zero-order chi connectivity index (χ0) is 11.5. The van der Waals surface area contributed by atoms with Crippen molar-refractivity contribution in [1.29, 1.82) is 0 Å². The lowest BCUT2D eigenvalue weighted by Gasteiger charge is -2.06. The number of rotatable bonds is 3. The van der Waals surface area contributed by atoms with E-state index < -0.39 is 0 Å². The van der Waals surface area contributed by atoms with Gasteiger partial charge in [0.25, 0.3) is 0 Å². The van der Waals surface area contributed by atoms with E-state index in [-0.39, 0.29) is 0 Å². The van der Waals surface area contributed by atoms with Crippen molar-refractivity contribution in [2.45, 2.75) is 26.3 Å². The lowest BCUT2D eigenvalue weighted by atomic mass is 10.0. The van der Waals surface area contributed by atoms with E-state index >= 15 is 0 Å². The van der Waals surface area contributed by atoms with E-state index in [2.05, 4.69) is 36.3 Å². The van der Waals surface area contributed by atoms with Crippen LogP contribution >= 0.6 is 0 Å². The van der Waals surface area contributed by atoms with Gasteiger partial charge < -0.3 is 5.73 Å². The summed E-state index contributed by atoms with van der Waals surface area (Å²) in [7, 11) is 0. The molecule has 0 aliphatic rings. The SMILES string of the molecule is CC(C)c1ccc(-n2cc(CN)nn2)cc1. The summed E-state index contributed by atoms with van der Waals surface area (Å²) in [6, 6.07) is 8.32. The molecule has 0 bridgehead atoms. The molecule has 4 heteroatoms. The molecule has 0 saturated heterocycles. The number of hydrogen-bond donors (Lipinski definition) is 1. The molecule has 0 unspecified atom stereocenters. The maximum atomic E-state index is 5.49. The summed E-state index contributed by atoms with van der Waals surface area (Å²) in [5.74, 6) is 0.546. The van der Waals surface area contributed by atoms with Gasteiger partial charge in [-0.05, 0) is 23.6 Å². The second-order valence-electron chi connectivity index (χ2n) is 4.10. The standard InChI is InChI=1S/C12H16N4/c1-9(2)10-3-5-12(6-4-10)16-8-11(7-13)14-15-16/h3-6,8-9H,7,13H2,1-2H3. The number of benzene rings is 1. The highest BCUT2D eigenvalue weighted by Crippen LogP contribution is 2.16. The van der Waals surface area contributed by atoms with Gasteiger partial charge in [0.2, 0.25) is 0 Å². The average molecular weight is 216 g/mol. The van der Waals surface area contributed by atoms with Crippen LogP contribution in [0.5, 0.6) is 0 Å². The zero-order valence-corrected chi connectivity index (χ0v) is 9.59. The number of aromatic nitrogens is 3. The molecule has 0 radical (unpaired) electrons.